The minimum atomic E-state index is 0.634. The van der Waals surface area contributed by atoms with Crippen molar-refractivity contribution < 1.29 is 0 Å². The van der Waals surface area contributed by atoms with Crippen molar-refractivity contribution in [2.24, 2.45) is 10.2 Å². The summed E-state index contributed by atoms with van der Waals surface area (Å²) in [5.41, 5.74) is 4.62. The van der Waals surface area contributed by atoms with Crippen LogP contribution in [0.15, 0.2) is 34.5 Å². The van der Waals surface area contributed by atoms with Gasteiger partial charge in [-0.15, -0.1) is 0 Å². The van der Waals surface area contributed by atoms with Crippen LogP contribution in [-0.4, -0.2) is 17.5 Å². The van der Waals surface area contributed by atoms with Gasteiger partial charge in [-0.2, -0.15) is 10.2 Å². The molecule has 0 spiro atoms. The fourth-order valence-corrected chi connectivity index (χ4v) is 2.76. The van der Waals surface area contributed by atoms with Crippen LogP contribution in [0.5, 0.6) is 0 Å². The van der Waals surface area contributed by atoms with Crippen LogP contribution in [0.25, 0.3) is 0 Å². The second-order valence-electron chi connectivity index (χ2n) is 5.23. The van der Waals surface area contributed by atoms with Crippen LogP contribution >= 0.6 is 0 Å². The van der Waals surface area contributed by atoms with Gasteiger partial charge in [0.15, 0.2) is 0 Å². The molecule has 1 aliphatic carbocycles. The second-order valence-corrected chi connectivity index (χ2v) is 5.23. The van der Waals surface area contributed by atoms with Crippen molar-refractivity contribution in [3.05, 3.63) is 29.8 Å². The van der Waals surface area contributed by atoms with E-state index in [2.05, 4.69) is 39.8 Å². The Morgan fingerprint density at radius 1 is 1.11 bits per heavy atom. The molecule has 18 heavy (non-hydrogen) atoms. The second kappa shape index (κ2) is 4.92. The first kappa shape index (κ1) is 11.5. The highest BCUT2D eigenvalue weighted by atomic mass is 15.2. The molecule has 3 rings (SSSR count). The summed E-state index contributed by atoms with van der Waals surface area (Å²) in [4.78, 5) is 0. The van der Waals surface area contributed by atoms with Crippen molar-refractivity contribution in [3.63, 3.8) is 0 Å². The standard InChI is InChI=1S/C15H19N3/c1-11-10-15(18-17-11)13-8-4-5-9-14(13)16-12-6-2-3-7-12/h4-5,8-9,12,16H,2-3,6-7,10H2,1H3. The maximum atomic E-state index is 4.29. The van der Waals surface area contributed by atoms with Gasteiger partial charge in [-0.25, -0.2) is 0 Å². The first-order valence-corrected chi connectivity index (χ1v) is 6.79. The molecule has 1 aromatic rings. The fourth-order valence-electron chi connectivity index (χ4n) is 2.76. The Balaban J connectivity index is 1.81. The quantitative estimate of drug-likeness (QED) is 0.862. The zero-order valence-electron chi connectivity index (χ0n) is 10.8. The molecular weight excluding hydrogens is 222 g/mol. The molecule has 0 amide bonds. The minimum absolute atomic E-state index is 0.634. The van der Waals surface area contributed by atoms with Gasteiger partial charge in [0.2, 0.25) is 0 Å². The van der Waals surface area contributed by atoms with Crippen LogP contribution in [-0.2, 0) is 0 Å². The number of benzene rings is 1. The van der Waals surface area contributed by atoms with Crippen LogP contribution < -0.4 is 5.32 Å². The monoisotopic (exact) mass is 241 g/mol. The molecule has 0 radical (unpaired) electrons. The summed E-state index contributed by atoms with van der Waals surface area (Å²) in [6, 6.07) is 9.10. The molecule has 1 heterocycles. The molecule has 0 unspecified atom stereocenters. The molecule has 1 fully saturated rings. The SMILES string of the molecule is CC1=NN=C(c2ccccc2NC2CCCC2)C1. The van der Waals surface area contributed by atoms with Crippen LogP contribution in [0.4, 0.5) is 5.69 Å². The van der Waals surface area contributed by atoms with E-state index in [9.17, 15) is 0 Å². The summed E-state index contributed by atoms with van der Waals surface area (Å²) in [5.74, 6) is 0. The molecule has 0 atom stereocenters. The lowest BCUT2D eigenvalue weighted by Gasteiger charge is -2.16. The molecule has 0 aromatic heterocycles. The maximum Gasteiger partial charge on any atom is 0.0780 e. The van der Waals surface area contributed by atoms with Crippen LogP contribution in [0, 0.1) is 0 Å². The lowest BCUT2D eigenvalue weighted by atomic mass is 10.0. The molecule has 94 valence electrons. The Morgan fingerprint density at radius 2 is 1.89 bits per heavy atom. The van der Waals surface area contributed by atoms with Gasteiger partial charge in [-0.3, -0.25) is 0 Å². The third kappa shape index (κ3) is 2.30. The van der Waals surface area contributed by atoms with Gasteiger partial charge in [-0.05, 0) is 25.8 Å². The topological polar surface area (TPSA) is 36.8 Å². The van der Waals surface area contributed by atoms with E-state index in [-0.39, 0.29) is 0 Å². The Kier molecular flexibility index (Phi) is 3.13. The number of nitrogens with zero attached hydrogens (tertiary/aromatic N) is 2. The lowest BCUT2D eigenvalue weighted by molar-refractivity contribution is 0.755. The largest absolute Gasteiger partial charge is 0.382 e. The van der Waals surface area contributed by atoms with E-state index in [1.165, 1.54) is 36.9 Å². The smallest absolute Gasteiger partial charge is 0.0780 e. The van der Waals surface area contributed by atoms with Gasteiger partial charge < -0.3 is 5.32 Å². The third-order valence-electron chi connectivity index (χ3n) is 3.72. The molecule has 1 aliphatic heterocycles. The first-order chi connectivity index (χ1) is 8.83. The normalized spacial score (nSPS) is 19.8. The van der Waals surface area contributed by atoms with E-state index < -0.39 is 0 Å². The Morgan fingerprint density at radius 3 is 2.61 bits per heavy atom. The highest BCUT2D eigenvalue weighted by Gasteiger charge is 2.18. The molecule has 3 nitrogen and oxygen atoms in total. The predicted octanol–water partition coefficient (Wildman–Crippen LogP) is 3.61. The number of para-hydroxylation sites is 1. The average Bonchev–Trinajstić information content (AvgIpc) is 3.02. The Bertz CT molecular complexity index is 496. The van der Waals surface area contributed by atoms with Crippen LogP contribution in [0.2, 0.25) is 0 Å². The molecule has 0 bridgehead atoms. The first-order valence-electron chi connectivity index (χ1n) is 6.79. The van der Waals surface area contributed by atoms with Crippen LogP contribution in [0.3, 0.4) is 0 Å². The minimum Gasteiger partial charge on any atom is -0.382 e. The molecule has 1 saturated carbocycles. The van der Waals surface area contributed by atoms with E-state index in [4.69, 9.17) is 0 Å². The highest BCUT2D eigenvalue weighted by Crippen LogP contribution is 2.26. The highest BCUT2D eigenvalue weighted by molar-refractivity contribution is 6.16. The van der Waals surface area contributed by atoms with E-state index in [1.807, 2.05) is 6.92 Å². The number of hydrogen-bond acceptors (Lipinski definition) is 3. The van der Waals surface area contributed by atoms with Gasteiger partial charge in [0.05, 0.1) is 5.71 Å². The van der Waals surface area contributed by atoms with Gasteiger partial charge in [0, 0.05) is 29.4 Å². The van der Waals surface area contributed by atoms with E-state index >= 15 is 0 Å². The molecule has 2 aliphatic rings. The van der Waals surface area contributed by atoms with Crippen molar-refractivity contribution in [2.75, 3.05) is 5.32 Å². The van der Waals surface area contributed by atoms with Crippen molar-refractivity contribution >= 4 is 17.1 Å². The van der Waals surface area contributed by atoms with Gasteiger partial charge >= 0.3 is 0 Å². The van der Waals surface area contributed by atoms with Crippen LogP contribution in [0.1, 0.15) is 44.6 Å². The molecule has 3 heteroatoms. The zero-order chi connectivity index (χ0) is 12.4. The van der Waals surface area contributed by atoms with Crippen molar-refractivity contribution in [1.29, 1.82) is 0 Å². The number of anilines is 1. The number of nitrogens with one attached hydrogen (secondary N) is 1. The van der Waals surface area contributed by atoms with Gasteiger partial charge in [0.1, 0.15) is 0 Å². The molecule has 0 saturated heterocycles. The van der Waals surface area contributed by atoms with E-state index in [1.54, 1.807) is 0 Å². The summed E-state index contributed by atoms with van der Waals surface area (Å²) < 4.78 is 0. The summed E-state index contributed by atoms with van der Waals surface area (Å²) in [5, 5.41) is 12.1. The molecule has 1 N–H and O–H groups in total. The molecule has 1 aromatic carbocycles. The van der Waals surface area contributed by atoms with Crippen molar-refractivity contribution in [3.8, 4) is 0 Å². The summed E-state index contributed by atoms with van der Waals surface area (Å²) in [7, 11) is 0. The van der Waals surface area contributed by atoms with Gasteiger partial charge in [0.25, 0.3) is 0 Å². The Labute approximate surface area is 108 Å². The molecular formula is C15H19N3. The summed E-state index contributed by atoms with van der Waals surface area (Å²) in [6.07, 6.45) is 6.15. The lowest BCUT2D eigenvalue weighted by Crippen LogP contribution is -2.17. The number of hydrogen-bond donors (Lipinski definition) is 1. The summed E-state index contributed by atoms with van der Waals surface area (Å²) >= 11 is 0. The average molecular weight is 241 g/mol. The predicted molar refractivity (Wildman–Crippen MR) is 76.6 cm³/mol. The Hall–Kier alpha value is -1.64. The third-order valence-corrected chi connectivity index (χ3v) is 3.72. The van der Waals surface area contributed by atoms with Crippen molar-refractivity contribution in [2.45, 2.75) is 45.1 Å². The van der Waals surface area contributed by atoms with Crippen molar-refractivity contribution in [1.82, 2.24) is 0 Å². The van der Waals surface area contributed by atoms with E-state index in [0.717, 1.165) is 17.8 Å². The van der Waals surface area contributed by atoms with Gasteiger partial charge in [-0.1, -0.05) is 31.0 Å². The maximum absolute atomic E-state index is 4.29. The van der Waals surface area contributed by atoms with E-state index in [0.29, 0.717) is 6.04 Å². The zero-order valence-corrected chi connectivity index (χ0v) is 10.8. The fraction of sp³-hybridized carbons (Fsp3) is 0.467. The number of rotatable bonds is 3. The summed E-state index contributed by atoms with van der Waals surface area (Å²) in [6.45, 7) is 2.03.